The number of sulfone groups is 1. The number of fused-ring (bicyclic) bond motifs is 1. The van der Waals surface area contributed by atoms with E-state index in [4.69, 9.17) is 0 Å². The van der Waals surface area contributed by atoms with Crippen molar-refractivity contribution in [1.82, 2.24) is 0 Å². The van der Waals surface area contributed by atoms with Crippen molar-refractivity contribution >= 4 is 44.0 Å². The molecule has 1 aromatic carbocycles. The molecule has 0 spiro atoms. The number of anilines is 2. The SMILES string of the molecule is CCC(=O)N=C1S[C@@H]2CS(=O)(=O)C[C@@H]2N1c1ccc(N(CC)CC)cc1. The minimum Gasteiger partial charge on any atom is -0.372 e. The standard InChI is InChI=1S/C18H25N3O3S2/c1-4-17(22)19-18-21(15-11-26(23,24)12-16(15)25-18)14-9-7-13(8-10-14)20(5-2)6-3/h7-10,15-16H,4-6,11-12H2,1-3H3/t15-,16+/m0/s1. The van der Waals surface area contributed by atoms with Crippen LogP contribution in [0.25, 0.3) is 0 Å². The molecule has 2 atom stereocenters. The molecule has 0 saturated carbocycles. The fourth-order valence-electron chi connectivity index (χ4n) is 3.46. The normalized spacial score (nSPS) is 25.5. The lowest BCUT2D eigenvalue weighted by molar-refractivity contribution is -0.117. The third-order valence-corrected chi connectivity index (χ3v) is 8.06. The van der Waals surface area contributed by atoms with Crippen molar-refractivity contribution in [3.63, 3.8) is 0 Å². The maximum Gasteiger partial charge on any atom is 0.247 e. The molecule has 2 saturated heterocycles. The van der Waals surface area contributed by atoms with Crippen LogP contribution < -0.4 is 9.80 Å². The van der Waals surface area contributed by atoms with Crippen molar-refractivity contribution in [2.24, 2.45) is 4.99 Å². The minimum absolute atomic E-state index is 0.0640. The highest BCUT2D eigenvalue weighted by Crippen LogP contribution is 2.41. The molecule has 8 heteroatoms. The van der Waals surface area contributed by atoms with E-state index in [9.17, 15) is 13.2 Å². The van der Waals surface area contributed by atoms with Gasteiger partial charge in [0.2, 0.25) is 5.91 Å². The molecule has 0 bridgehead atoms. The zero-order valence-electron chi connectivity index (χ0n) is 15.4. The molecule has 2 aliphatic rings. The summed E-state index contributed by atoms with van der Waals surface area (Å²) in [5, 5.41) is 0.559. The Morgan fingerprint density at radius 2 is 1.85 bits per heavy atom. The number of hydrogen-bond donors (Lipinski definition) is 0. The average molecular weight is 396 g/mol. The number of benzene rings is 1. The number of carbonyl (C=O) groups excluding carboxylic acids is 1. The molecule has 1 amide bonds. The highest BCUT2D eigenvalue weighted by molar-refractivity contribution is 8.16. The van der Waals surface area contributed by atoms with Crippen LogP contribution in [0.4, 0.5) is 11.4 Å². The number of amides is 1. The van der Waals surface area contributed by atoms with Crippen molar-refractivity contribution in [1.29, 1.82) is 0 Å². The minimum atomic E-state index is -3.04. The zero-order valence-corrected chi connectivity index (χ0v) is 17.0. The molecule has 0 unspecified atom stereocenters. The number of rotatable bonds is 5. The summed E-state index contributed by atoms with van der Waals surface area (Å²) in [5.74, 6) is 0.0809. The van der Waals surface area contributed by atoms with E-state index in [-0.39, 0.29) is 28.7 Å². The van der Waals surface area contributed by atoms with Gasteiger partial charge in [-0.1, -0.05) is 18.7 Å². The van der Waals surface area contributed by atoms with Crippen LogP contribution in [0, 0.1) is 0 Å². The number of hydrogen-bond acceptors (Lipinski definition) is 5. The van der Waals surface area contributed by atoms with Crippen LogP contribution in [0.15, 0.2) is 29.3 Å². The lowest BCUT2D eigenvalue weighted by atomic mass is 10.2. The highest BCUT2D eigenvalue weighted by Gasteiger charge is 2.49. The molecule has 0 N–H and O–H groups in total. The van der Waals surface area contributed by atoms with Gasteiger partial charge in [-0.05, 0) is 38.1 Å². The molecule has 3 rings (SSSR count). The average Bonchev–Trinajstić information content (AvgIpc) is 3.07. The largest absolute Gasteiger partial charge is 0.372 e. The number of thioether (sulfide) groups is 1. The first kappa shape index (κ1) is 19.2. The summed E-state index contributed by atoms with van der Waals surface area (Å²) >= 11 is 1.42. The van der Waals surface area contributed by atoms with Crippen LogP contribution in [0.5, 0.6) is 0 Å². The molecule has 2 aliphatic heterocycles. The van der Waals surface area contributed by atoms with Crippen molar-refractivity contribution in [2.45, 2.75) is 38.5 Å². The van der Waals surface area contributed by atoms with Gasteiger partial charge in [0.05, 0.1) is 17.5 Å². The number of nitrogens with zero attached hydrogens (tertiary/aromatic N) is 3. The topological polar surface area (TPSA) is 70.0 Å². The third kappa shape index (κ3) is 3.76. The van der Waals surface area contributed by atoms with Gasteiger partial charge in [-0.2, -0.15) is 4.99 Å². The molecule has 2 fully saturated rings. The first-order valence-electron chi connectivity index (χ1n) is 9.01. The number of amidine groups is 1. The Balaban J connectivity index is 1.95. The van der Waals surface area contributed by atoms with Gasteiger partial charge in [-0.15, -0.1) is 0 Å². The van der Waals surface area contributed by atoms with E-state index in [2.05, 4.69) is 23.7 Å². The second kappa shape index (κ2) is 7.60. The van der Waals surface area contributed by atoms with E-state index in [0.29, 0.717) is 11.6 Å². The number of carbonyl (C=O) groups is 1. The molecule has 1 aromatic rings. The smallest absolute Gasteiger partial charge is 0.247 e. The summed E-state index contributed by atoms with van der Waals surface area (Å²) in [6, 6.07) is 7.92. The first-order chi connectivity index (χ1) is 12.4. The molecular weight excluding hydrogens is 370 g/mol. The van der Waals surface area contributed by atoms with Crippen molar-refractivity contribution in [3.8, 4) is 0 Å². The third-order valence-electron chi connectivity index (χ3n) is 4.85. The van der Waals surface area contributed by atoms with Crippen LogP contribution >= 0.6 is 11.8 Å². The van der Waals surface area contributed by atoms with Crippen molar-refractivity contribution < 1.29 is 13.2 Å². The summed E-state index contributed by atoms with van der Waals surface area (Å²) in [6.07, 6.45) is 0.340. The fraction of sp³-hybridized carbons (Fsp3) is 0.556. The highest BCUT2D eigenvalue weighted by atomic mass is 32.2. The molecule has 2 heterocycles. The molecule has 0 radical (unpaired) electrons. The molecule has 6 nitrogen and oxygen atoms in total. The maximum atomic E-state index is 12.1. The summed E-state index contributed by atoms with van der Waals surface area (Å²) in [6.45, 7) is 7.86. The quantitative estimate of drug-likeness (QED) is 0.763. The van der Waals surface area contributed by atoms with Crippen LogP contribution in [-0.4, -0.2) is 55.4 Å². The monoisotopic (exact) mass is 395 g/mol. The van der Waals surface area contributed by atoms with Gasteiger partial charge in [0, 0.05) is 36.1 Å². The van der Waals surface area contributed by atoms with Crippen LogP contribution in [-0.2, 0) is 14.6 Å². The van der Waals surface area contributed by atoms with Gasteiger partial charge < -0.3 is 9.80 Å². The fourth-order valence-corrected chi connectivity index (χ4v) is 7.40. The molecular formula is C18H25N3O3S2. The van der Waals surface area contributed by atoms with Gasteiger partial charge in [0.15, 0.2) is 15.0 Å². The molecule has 0 aliphatic carbocycles. The summed E-state index contributed by atoms with van der Waals surface area (Å²) in [5.41, 5.74) is 2.02. The van der Waals surface area contributed by atoms with E-state index in [1.54, 1.807) is 6.92 Å². The first-order valence-corrected chi connectivity index (χ1v) is 11.7. The Kier molecular flexibility index (Phi) is 5.62. The van der Waals surface area contributed by atoms with E-state index in [1.165, 1.54) is 11.8 Å². The van der Waals surface area contributed by atoms with Gasteiger partial charge in [0.25, 0.3) is 0 Å². The predicted octanol–water partition coefficient (Wildman–Crippen LogP) is 2.54. The van der Waals surface area contributed by atoms with Crippen LogP contribution in [0.1, 0.15) is 27.2 Å². The summed E-state index contributed by atoms with van der Waals surface area (Å²) in [4.78, 5) is 20.3. The Labute approximate surface area is 159 Å². The Morgan fingerprint density at radius 1 is 1.19 bits per heavy atom. The van der Waals surface area contributed by atoms with E-state index >= 15 is 0 Å². The number of aliphatic imine (C=N–C) groups is 1. The zero-order chi connectivity index (χ0) is 18.9. The predicted molar refractivity (Wildman–Crippen MR) is 109 cm³/mol. The van der Waals surface area contributed by atoms with Gasteiger partial charge in [-0.3, -0.25) is 4.79 Å². The van der Waals surface area contributed by atoms with Gasteiger partial charge >= 0.3 is 0 Å². The Bertz CT molecular complexity index is 801. The maximum absolute atomic E-state index is 12.1. The van der Waals surface area contributed by atoms with E-state index in [1.807, 2.05) is 29.2 Å². The van der Waals surface area contributed by atoms with Gasteiger partial charge in [-0.25, -0.2) is 8.42 Å². The molecule has 26 heavy (non-hydrogen) atoms. The van der Waals surface area contributed by atoms with Crippen molar-refractivity contribution in [3.05, 3.63) is 24.3 Å². The Morgan fingerprint density at radius 3 is 2.42 bits per heavy atom. The lowest BCUT2D eigenvalue weighted by Crippen LogP contribution is -2.37. The van der Waals surface area contributed by atoms with E-state index in [0.717, 1.165) is 24.5 Å². The Hall–Kier alpha value is -1.54. The van der Waals surface area contributed by atoms with Gasteiger partial charge in [0.1, 0.15) is 0 Å². The van der Waals surface area contributed by atoms with E-state index < -0.39 is 9.84 Å². The summed E-state index contributed by atoms with van der Waals surface area (Å²) in [7, 11) is -3.04. The second-order valence-corrected chi connectivity index (χ2v) is 9.86. The second-order valence-electron chi connectivity index (χ2n) is 6.50. The van der Waals surface area contributed by atoms with Crippen LogP contribution in [0.2, 0.25) is 0 Å². The molecule has 0 aromatic heterocycles. The molecule has 142 valence electrons. The van der Waals surface area contributed by atoms with Crippen LogP contribution in [0.3, 0.4) is 0 Å². The van der Waals surface area contributed by atoms with Crippen molar-refractivity contribution in [2.75, 3.05) is 34.4 Å². The summed E-state index contributed by atoms with van der Waals surface area (Å²) < 4.78 is 24.1. The lowest BCUT2D eigenvalue weighted by Gasteiger charge is -2.26.